The van der Waals surface area contributed by atoms with Gasteiger partial charge in [0.1, 0.15) is 5.56 Å². The van der Waals surface area contributed by atoms with Gasteiger partial charge in [0.25, 0.3) is 5.56 Å². The summed E-state index contributed by atoms with van der Waals surface area (Å²) in [5.74, 6) is -0.430. The lowest BCUT2D eigenvalue weighted by atomic mass is 10.2. The topological polar surface area (TPSA) is 64.1 Å². The van der Waals surface area contributed by atoms with Crippen LogP contribution in [0.2, 0.25) is 0 Å². The molecule has 0 bridgehead atoms. The van der Waals surface area contributed by atoms with Gasteiger partial charge in [-0.05, 0) is 25.8 Å². The van der Waals surface area contributed by atoms with Crippen molar-refractivity contribution in [1.29, 1.82) is 0 Å². The van der Waals surface area contributed by atoms with Crippen molar-refractivity contribution in [1.82, 2.24) is 9.55 Å². The Morgan fingerprint density at radius 3 is 2.83 bits per heavy atom. The van der Waals surface area contributed by atoms with Gasteiger partial charge in [-0.1, -0.05) is 0 Å². The second kappa shape index (κ2) is 3.48. The van der Waals surface area contributed by atoms with Crippen molar-refractivity contribution in [3.63, 3.8) is 0 Å². The number of rotatable bonds is 2. The van der Waals surface area contributed by atoms with E-state index in [1.165, 1.54) is 13.3 Å². The van der Waals surface area contributed by atoms with E-state index in [4.69, 9.17) is 4.74 Å². The molecule has 94 valence electrons. The van der Waals surface area contributed by atoms with Gasteiger partial charge in [-0.3, -0.25) is 4.79 Å². The summed E-state index contributed by atoms with van der Waals surface area (Å²) in [6.45, 7) is 2.12. The SMILES string of the molecule is COC(=O)c1c[nH]c(=O)c2ccn(C3(C)CC3)c12. The molecule has 0 unspecified atom stereocenters. The number of aromatic amines is 1. The van der Waals surface area contributed by atoms with Gasteiger partial charge >= 0.3 is 5.97 Å². The van der Waals surface area contributed by atoms with Gasteiger partial charge in [0.15, 0.2) is 0 Å². The molecule has 3 rings (SSSR count). The van der Waals surface area contributed by atoms with Crippen LogP contribution >= 0.6 is 0 Å². The standard InChI is InChI=1S/C13H14N2O3/c1-13(4-5-13)15-6-3-8-10(15)9(12(17)18-2)7-14-11(8)16/h3,6-7H,4-5H2,1-2H3,(H,14,16). The van der Waals surface area contributed by atoms with E-state index in [1.807, 2.05) is 10.8 Å². The van der Waals surface area contributed by atoms with E-state index in [0.717, 1.165) is 12.8 Å². The number of carbonyl (C=O) groups is 1. The average molecular weight is 246 g/mol. The molecule has 0 radical (unpaired) electrons. The first-order chi connectivity index (χ1) is 8.57. The van der Waals surface area contributed by atoms with Crippen molar-refractivity contribution in [2.75, 3.05) is 7.11 Å². The minimum atomic E-state index is -0.430. The normalized spacial score (nSPS) is 16.8. The smallest absolute Gasteiger partial charge is 0.341 e. The Morgan fingerprint density at radius 1 is 1.50 bits per heavy atom. The van der Waals surface area contributed by atoms with E-state index in [1.54, 1.807) is 6.07 Å². The van der Waals surface area contributed by atoms with Crippen LogP contribution in [0.15, 0.2) is 23.3 Å². The van der Waals surface area contributed by atoms with Gasteiger partial charge in [0, 0.05) is 17.9 Å². The summed E-state index contributed by atoms with van der Waals surface area (Å²) in [5, 5.41) is 0.533. The maximum absolute atomic E-state index is 11.8. The Bertz CT molecular complexity index is 692. The van der Waals surface area contributed by atoms with Gasteiger partial charge in [-0.25, -0.2) is 4.79 Å². The molecule has 0 saturated heterocycles. The summed E-state index contributed by atoms with van der Waals surface area (Å²) in [6.07, 6.45) is 5.42. The van der Waals surface area contributed by atoms with Crippen LogP contribution in [0.3, 0.4) is 0 Å². The Labute approximate surface area is 103 Å². The Balaban J connectivity index is 2.36. The first-order valence-corrected chi connectivity index (χ1v) is 5.88. The van der Waals surface area contributed by atoms with E-state index in [9.17, 15) is 9.59 Å². The largest absolute Gasteiger partial charge is 0.465 e. The minimum absolute atomic E-state index is 0.0261. The van der Waals surface area contributed by atoms with Crippen LogP contribution in [-0.4, -0.2) is 22.6 Å². The Kier molecular flexibility index (Phi) is 2.14. The molecule has 18 heavy (non-hydrogen) atoms. The second-order valence-electron chi connectivity index (χ2n) is 4.97. The number of pyridine rings is 1. The van der Waals surface area contributed by atoms with Gasteiger partial charge < -0.3 is 14.3 Å². The summed E-state index contributed by atoms with van der Waals surface area (Å²) in [5.41, 5.74) is 0.926. The van der Waals surface area contributed by atoms with Gasteiger partial charge in [0.2, 0.25) is 0 Å². The molecular weight excluding hydrogens is 232 g/mol. The Morgan fingerprint density at radius 2 is 2.22 bits per heavy atom. The van der Waals surface area contributed by atoms with Crippen LogP contribution in [-0.2, 0) is 10.3 Å². The number of hydrogen-bond acceptors (Lipinski definition) is 3. The van der Waals surface area contributed by atoms with Gasteiger partial charge in [0.05, 0.1) is 18.0 Å². The molecule has 5 heteroatoms. The first kappa shape index (κ1) is 11.1. The molecule has 2 aromatic heterocycles. The molecule has 1 fully saturated rings. The van der Waals surface area contributed by atoms with Crippen molar-refractivity contribution in [2.45, 2.75) is 25.3 Å². The number of methoxy groups -OCH3 is 1. The highest BCUT2D eigenvalue weighted by Gasteiger charge is 2.40. The fourth-order valence-electron chi connectivity index (χ4n) is 2.31. The molecule has 0 amide bonds. The van der Waals surface area contributed by atoms with Crippen molar-refractivity contribution in [2.24, 2.45) is 0 Å². The van der Waals surface area contributed by atoms with E-state index < -0.39 is 5.97 Å². The molecule has 0 spiro atoms. The maximum Gasteiger partial charge on any atom is 0.341 e. The number of hydrogen-bond donors (Lipinski definition) is 1. The summed E-state index contributed by atoms with van der Waals surface area (Å²) in [7, 11) is 1.34. The fourth-order valence-corrected chi connectivity index (χ4v) is 2.31. The third-order valence-electron chi connectivity index (χ3n) is 3.69. The van der Waals surface area contributed by atoms with Crippen LogP contribution in [0, 0.1) is 0 Å². The van der Waals surface area contributed by atoms with Gasteiger partial charge in [-0.2, -0.15) is 0 Å². The number of fused-ring (bicyclic) bond motifs is 1. The minimum Gasteiger partial charge on any atom is -0.465 e. The van der Waals surface area contributed by atoms with Crippen LogP contribution < -0.4 is 5.56 Å². The second-order valence-corrected chi connectivity index (χ2v) is 4.97. The monoisotopic (exact) mass is 246 g/mol. The molecule has 2 heterocycles. The zero-order valence-electron chi connectivity index (χ0n) is 10.3. The lowest BCUT2D eigenvalue weighted by molar-refractivity contribution is 0.0602. The molecule has 1 aliphatic carbocycles. The molecule has 5 nitrogen and oxygen atoms in total. The molecule has 0 aromatic carbocycles. The molecule has 1 N–H and O–H groups in total. The molecule has 0 aliphatic heterocycles. The number of ether oxygens (including phenoxy) is 1. The van der Waals surface area contributed by atoms with E-state index in [0.29, 0.717) is 16.5 Å². The van der Waals surface area contributed by atoms with Crippen molar-refractivity contribution in [3.05, 3.63) is 34.4 Å². The van der Waals surface area contributed by atoms with E-state index in [-0.39, 0.29) is 11.1 Å². The summed E-state index contributed by atoms with van der Waals surface area (Å²) < 4.78 is 6.79. The maximum atomic E-state index is 11.8. The quantitative estimate of drug-likeness (QED) is 0.819. The highest BCUT2D eigenvalue weighted by atomic mass is 16.5. The van der Waals surface area contributed by atoms with Crippen molar-refractivity contribution < 1.29 is 9.53 Å². The average Bonchev–Trinajstić information content (AvgIpc) is 2.94. The number of nitrogens with one attached hydrogen (secondary N) is 1. The lowest BCUT2D eigenvalue weighted by Crippen LogP contribution is -2.16. The van der Waals surface area contributed by atoms with Crippen LogP contribution in [0.25, 0.3) is 10.9 Å². The zero-order chi connectivity index (χ0) is 12.9. The van der Waals surface area contributed by atoms with Crippen LogP contribution in [0.4, 0.5) is 0 Å². The fraction of sp³-hybridized carbons (Fsp3) is 0.385. The molecular formula is C13H14N2O3. The summed E-state index contributed by atoms with van der Waals surface area (Å²) in [6, 6.07) is 1.75. The number of carbonyl (C=O) groups excluding carboxylic acids is 1. The van der Waals surface area contributed by atoms with E-state index in [2.05, 4.69) is 11.9 Å². The highest BCUT2D eigenvalue weighted by Crippen LogP contribution is 2.44. The highest BCUT2D eigenvalue weighted by molar-refractivity contribution is 6.02. The predicted octanol–water partition coefficient (Wildman–Crippen LogP) is 1.63. The number of nitrogens with zero attached hydrogens (tertiary/aromatic N) is 1. The van der Waals surface area contributed by atoms with Crippen molar-refractivity contribution >= 4 is 16.9 Å². The van der Waals surface area contributed by atoms with Crippen LogP contribution in [0.5, 0.6) is 0 Å². The molecule has 2 aromatic rings. The molecule has 0 atom stereocenters. The van der Waals surface area contributed by atoms with Gasteiger partial charge in [-0.15, -0.1) is 0 Å². The number of esters is 1. The molecule has 1 aliphatic rings. The predicted molar refractivity (Wildman–Crippen MR) is 66.8 cm³/mol. The van der Waals surface area contributed by atoms with Crippen LogP contribution in [0.1, 0.15) is 30.1 Å². The zero-order valence-corrected chi connectivity index (χ0v) is 10.3. The summed E-state index contributed by atoms with van der Waals surface area (Å²) >= 11 is 0. The molecule has 1 saturated carbocycles. The van der Waals surface area contributed by atoms with E-state index >= 15 is 0 Å². The summed E-state index contributed by atoms with van der Waals surface area (Å²) in [4.78, 5) is 26.1. The Hall–Kier alpha value is -2.04. The number of H-pyrrole nitrogens is 1. The third-order valence-corrected chi connectivity index (χ3v) is 3.69. The third kappa shape index (κ3) is 1.40. The van der Waals surface area contributed by atoms with Crippen molar-refractivity contribution in [3.8, 4) is 0 Å². The number of aromatic nitrogens is 2. The first-order valence-electron chi connectivity index (χ1n) is 5.88. The lowest BCUT2D eigenvalue weighted by Gasteiger charge is -2.14.